The van der Waals surface area contributed by atoms with Crippen molar-refractivity contribution in [2.75, 3.05) is 12.8 Å². The maximum Gasteiger partial charge on any atom is 0.255 e. The summed E-state index contributed by atoms with van der Waals surface area (Å²) in [4.78, 5) is 12.0. The molecule has 5 N–H and O–H groups in total. The van der Waals surface area contributed by atoms with E-state index in [1.165, 1.54) is 25.3 Å². The lowest BCUT2D eigenvalue weighted by Gasteiger charge is -2.09. The quantitative estimate of drug-likeness (QED) is 0.505. The number of rotatable bonds is 4. The van der Waals surface area contributed by atoms with E-state index in [0.717, 1.165) is 5.56 Å². The predicted octanol–water partition coefficient (Wildman–Crippen LogP) is 1.62. The van der Waals surface area contributed by atoms with Gasteiger partial charge in [-0.1, -0.05) is 12.1 Å². The zero-order valence-corrected chi connectivity index (χ0v) is 11.5. The molecule has 6 heteroatoms. The maximum atomic E-state index is 12.0. The number of nitrogens with one attached hydrogen (secondary N) is 1. The van der Waals surface area contributed by atoms with Gasteiger partial charge in [0.25, 0.3) is 5.91 Å². The number of anilines is 1. The molecule has 0 bridgehead atoms. The first-order valence-electron chi connectivity index (χ1n) is 6.24. The van der Waals surface area contributed by atoms with Crippen LogP contribution < -0.4 is 15.8 Å². The molecule has 0 fully saturated rings. The van der Waals surface area contributed by atoms with Crippen LogP contribution in [-0.4, -0.2) is 23.2 Å². The first-order chi connectivity index (χ1) is 10.0. The summed E-state index contributed by atoms with van der Waals surface area (Å²) >= 11 is 0. The zero-order chi connectivity index (χ0) is 15.4. The molecule has 21 heavy (non-hydrogen) atoms. The Balaban J connectivity index is 2.07. The van der Waals surface area contributed by atoms with Crippen molar-refractivity contribution in [2.45, 2.75) is 6.54 Å². The number of phenols is 2. The summed E-state index contributed by atoms with van der Waals surface area (Å²) in [6, 6.07) is 9.39. The van der Waals surface area contributed by atoms with Crippen LogP contribution in [0.1, 0.15) is 15.9 Å². The standard InChI is InChI=1S/C15H16N2O4/c1-21-13-6-5-9(7-11(13)16)8-17-15(20)10-3-2-4-12(18)14(10)19/h2-7,18-19H,8,16H2,1H3,(H,17,20). The largest absolute Gasteiger partial charge is 0.504 e. The van der Waals surface area contributed by atoms with Crippen LogP contribution in [0, 0.1) is 0 Å². The topological polar surface area (TPSA) is 105 Å². The minimum Gasteiger partial charge on any atom is -0.504 e. The molecule has 0 aliphatic heterocycles. The Morgan fingerprint density at radius 2 is 2.05 bits per heavy atom. The number of amides is 1. The van der Waals surface area contributed by atoms with E-state index in [9.17, 15) is 15.0 Å². The third kappa shape index (κ3) is 3.17. The molecule has 110 valence electrons. The number of methoxy groups -OCH3 is 1. The number of aromatic hydroxyl groups is 2. The van der Waals surface area contributed by atoms with E-state index in [1.54, 1.807) is 18.2 Å². The summed E-state index contributed by atoms with van der Waals surface area (Å²) in [5.74, 6) is -0.700. The lowest BCUT2D eigenvalue weighted by atomic mass is 10.1. The smallest absolute Gasteiger partial charge is 0.255 e. The van der Waals surface area contributed by atoms with Gasteiger partial charge in [-0.3, -0.25) is 4.79 Å². The van der Waals surface area contributed by atoms with Crippen molar-refractivity contribution in [3.63, 3.8) is 0 Å². The number of nitrogen functional groups attached to an aromatic ring is 1. The van der Waals surface area contributed by atoms with E-state index >= 15 is 0 Å². The molecule has 2 aromatic rings. The second-order valence-corrected chi connectivity index (χ2v) is 4.43. The second kappa shape index (κ2) is 6.04. The van der Waals surface area contributed by atoms with Gasteiger partial charge >= 0.3 is 0 Å². The minimum absolute atomic E-state index is 0.0106. The van der Waals surface area contributed by atoms with Crippen molar-refractivity contribution < 1.29 is 19.7 Å². The highest BCUT2D eigenvalue weighted by atomic mass is 16.5. The number of hydrogen-bond acceptors (Lipinski definition) is 5. The molecule has 6 nitrogen and oxygen atoms in total. The average Bonchev–Trinajstić information content (AvgIpc) is 2.47. The maximum absolute atomic E-state index is 12.0. The molecular formula is C15H16N2O4. The summed E-state index contributed by atoms with van der Waals surface area (Å²) in [6.45, 7) is 0.238. The predicted molar refractivity (Wildman–Crippen MR) is 78.3 cm³/mol. The van der Waals surface area contributed by atoms with Gasteiger partial charge in [-0.25, -0.2) is 0 Å². The monoisotopic (exact) mass is 288 g/mol. The third-order valence-corrected chi connectivity index (χ3v) is 3.01. The number of carbonyl (C=O) groups is 1. The number of nitrogens with two attached hydrogens (primary N) is 1. The van der Waals surface area contributed by atoms with E-state index in [4.69, 9.17) is 10.5 Å². The molecule has 0 aromatic heterocycles. The SMILES string of the molecule is COc1ccc(CNC(=O)c2cccc(O)c2O)cc1N. The second-order valence-electron chi connectivity index (χ2n) is 4.43. The molecule has 0 aliphatic carbocycles. The summed E-state index contributed by atoms with van der Waals surface area (Å²) in [6.07, 6.45) is 0. The molecular weight excluding hydrogens is 272 g/mol. The molecule has 1 amide bonds. The van der Waals surface area contributed by atoms with Crippen molar-refractivity contribution >= 4 is 11.6 Å². The molecule has 0 spiro atoms. The molecule has 0 saturated carbocycles. The van der Waals surface area contributed by atoms with Gasteiger partial charge in [0.1, 0.15) is 5.75 Å². The van der Waals surface area contributed by atoms with Gasteiger partial charge in [-0.2, -0.15) is 0 Å². The van der Waals surface area contributed by atoms with Crippen LogP contribution in [0.2, 0.25) is 0 Å². The Labute approximate surface area is 121 Å². The fourth-order valence-electron chi connectivity index (χ4n) is 1.89. The van der Waals surface area contributed by atoms with Crippen LogP contribution >= 0.6 is 0 Å². The van der Waals surface area contributed by atoms with Crippen molar-refractivity contribution in [2.24, 2.45) is 0 Å². The lowest BCUT2D eigenvalue weighted by Crippen LogP contribution is -2.22. The van der Waals surface area contributed by atoms with Crippen LogP contribution in [0.25, 0.3) is 0 Å². The molecule has 2 rings (SSSR count). The van der Waals surface area contributed by atoms with Crippen LogP contribution in [0.3, 0.4) is 0 Å². The highest BCUT2D eigenvalue weighted by Gasteiger charge is 2.13. The number of carbonyl (C=O) groups excluding carboxylic acids is 1. The van der Waals surface area contributed by atoms with E-state index in [0.29, 0.717) is 11.4 Å². The van der Waals surface area contributed by atoms with E-state index in [1.807, 2.05) is 0 Å². The normalized spacial score (nSPS) is 10.1. The lowest BCUT2D eigenvalue weighted by molar-refractivity contribution is 0.0947. The highest BCUT2D eigenvalue weighted by Crippen LogP contribution is 2.28. The van der Waals surface area contributed by atoms with Crippen molar-refractivity contribution in [3.8, 4) is 17.2 Å². The Morgan fingerprint density at radius 1 is 1.29 bits per heavy atom. The van der Waals surface area contributed by atoms with Gasteiger partial charge in [0, 0.05) is 6.54 Å². The van der Waals surface area contributed by atoms with E-state index < -0.39 is 11.7 Å². The summed E-state index contributed by atoms with van der Waals surface area (Å²) in [5.41, 5.74) is 7.06. The fourth-order valence-corrected chi connectivity index (χ4v) is 1.89. The van der Waals surface area contributed by atoms with Gasteiger partial charge in [-0.15, -0.1) is 0 Å². The summed E-state index contributed by atoms with van der Waals surface area (Å²) in [7, 11) is 1.53. The third-order valence-electron chi connectivity index (χ3n) is 3.01. The molecule has 0 aliphatic rings. The van der Waals surface area contributed by atoms with Crippen molar-refractivity contribution in [1.82, 2.24) is 5.32 Å². The highest BCUT2D eigenvalue weighted by molar-refractivity contribution is 5.97. The molecule has 0 unspecified atom stereocenters. The Kier molecular flexibility index (Phi) is 4.18. The number of hydrogen-bond donors (Lipinski definition) is 4. The number of phenolic OH excluding ortho intramolecular Hbond substituents is 2. The van der Waals surface area contributed by atoms with Crippen molar-refractivity contribution in [3.05, 3.63) is 47.5 Å². The molecule has 0 radical (unpaired) electrons. The zero-order valence-electron chi connectivity index (χ0n) is 11.5. The van der Waals surface area contributed by atoms with Crippen molar-refractivity contribution in [1.29, 1.82) is 0 Å². The van der Waals surface area contributed by atoms with Crippen LogP contribution in [0.5, 0.6) is 17.2 Å². The van der Waals surface area contributed by atoms with Crippen LogP contribution in [-0.2, 0) is 6.54 Å². The van der Waals surface area contributed by atoms with Gasteiger partial charge in [-0.05, 0) is 29.8 Å². The van der Waals surface area contributed by atoms with Gasteiger partial charge in [0.2, 0.25) is 0 Å². The molecule has 0 heterocycles. The average molecular weight is 288 g/mol. The van der Waals surface area contributed by atoms with Gasteiger partial charge in [0.05, 0.1) is 18.4 Å². The Hall–Kier alpha value is -2.89. The molecule has 2 aromatic carbocycles. The minimum atomic E-state index is -0.488. The Morgan fingerprint density at radius 3 is 2.71 bits per heavy atom. The van der Waals surface area contributed by atoms with E-state index in [-0.39, 0.29) is 17.9 Å². The van der Waals surface area contributed by atoms with Crippen LogP contribution in [0.15, 0.2) is 36.4 Å². The molecule has 0 atom stereocenters. The fraction of sp³-hybridized carbons (Fsp3) is 0.133. The number of ether oxygens (including phenoxy) is 1. The first kappa shape index (κ1) is 14.5. The summed E-state index contributed by atoms with van der Waals surface area (Å²) in [5, 5.41) is 21.6. The number of benzene rings is 2. The number of para-hydroxylation sites is 1. The first-order valence-corrected chi connectivity index (χ1v) is 6.24. The van der Waals surface area contributed by atoms with Crippen LogP contribution in [0.4, 0.5) is 5.69 Å². The summed E-state index contributed by atoms with van der Waals surface area (Å²) < 4.78 is 5.05. The van der Waals surface area contributed by atoms with Gasteiger partial charge in [0.15, 0.2) is 11.5 Å². The van der Waals surface area contributed by atoms with Gasteiger partial charge < -0.3 is 26.0 Å². The Bertz CT molecular complexity index is 671. The van der Waals surface area contributed by atoms with E-state index in [2.05, 4.69) is 5.32 Å². The molecule has 0 saturated heterocycles.